The number of hydrogen-bond donors (Lipinski definition) is 0. The van der Waals surface area contributed by atoms with Crippen molar-refractivity contribution in [2.24, 2.45) is 0 Å². The molecule has 0 bridgehead atoms. The molecule has 1 aliphatic carbocycles. The monoisotopic (exact) mass is 511 g/mol. The van der Waals surface area contributed by atoms with Crippen molar-refractivity contribution in [3.05, 3.63) is 75.4 Å². The van der Waals surface area contributed by atoms with Gasteiger partial charge in [-0.3, -0.25) is 19.8 Å². The Morgan fingerprint density at radius 3 is 2.47 bits per heavy atom. The number of non-ortho nitro benzene ring substituents is 1. The lowest BCUT2D eigenvalue weighted by atomic mass is 9.83. The Balaban J connectivity index is 1.78. The first-order chi connectivity index (χ1) is 16.9. The smallest absolute Gasteiger partial charge is 0.269 e. The second-order valence-corrected chi connectivity index (χ2v) is 12.1. The summed E-state index contributed by atoms with van der Waals surface area (Å²) in [6, 6.07) is 10.7. The van der Waals surface area contributed by atoms with Crippen LogP contribution in [-0.4, -0.2) is 36.0 Å². The van der Waals surface area contributed by atoms with Crippen LogP contribution in [0.25, 0.3) is 0 Å². The summed E-state index contributed by atoms with van der Waals surface area (Å²) < 4.78 is 36.4. The molecule has 1 spiro atoms. The lowest BCUT2D eigenvalue weighted by Gasteiger charge is -2.40. The van der Waals surface area contributed by atoms with Crippen LogP contribution in [-0.2, 0) is 25.1 Å². The van der Waals surface area contributed by atoms with Gasteiger partial charge in [0.2, 0.25) is 16.4 Å². The van der Waals surface area contributed by atoms with Crippen LogP contribution in [0.15, 0.2) is 59.0 Å². The van der Waals surface area contributed by atoms with Crippen LogP contribution in [0.5, 0.6) is 0 Å². The first-order valence-corrected chi connectivity index (χ1v) is 13.4. The first-order valence-electron chi connectivity index (χ1n) is 11.9. The molecule has 2 aliphatic heterocycles. The molecule has 2 heterocycles. The van der Waals surface area contributed by atoms with E-state index >= 15 is 0 Å². The predicted molar refractivity (Wildman–Crippen MR) is 134 cm³/mol. The second-order valence-electron chi connectivity index (χ2n) is 10.4. The van der Waals surface area contributed by atoms with Crippen LogP contribution in [0, 0.1) is 10.1 Å². The normalized spacial score (nSPS) is 26.6. The molecule has 2 aromatic carbocycles. The third-order valence-corrected chi connectivity index (χ3v) is 9.52. The minimum absolute atomic E-state index is 0.0616. The van der Waals surface area contributed by atoms with Crippen molar-refractivity contribution in [3.63, 3.8) is 0 Å². The molecule has 3 aliphatic rings. The highest BCUT2D eigenvalue weighted by molar-refractivity contribution is 7.89. The third kappa shape index (κ3) is 3.35. The van der Waals surface area contributed by atoms with Crippen LogP contribution in [0.4, 0.5) is 11.4 Å². The Morgan fingerprint density at radius 2 is 1.86 bits per heavy atom. The zero-order valence-corrected chi connectivity index (χ0v) is 21.5. The van der Waals surface area contributed by atoms with Crippen LogP contribution in [0.3, 0.4) is 0 Å². The maximum Gasteiger partial charge on any atom is 0.269 e. The fourth-order valence-corrected chi connectivity index (χ4v) is 8.34. The summed E-state index contributed by atoms with van der Waals surface area (Å²) >= 11 is 0. The van der Waals surface area contributed by atoms with Crippen molar-refractivity contribution < 1.29 is 22.9 Å². The van der Waals surface area contributed by atoms with E-state index in [4.69, 9.17) is 4.74 Å². The van der Waals surface area contributed by atoms with Gasteiger partial charge in [0, 0.05) is 23.6 Å². The molecule has 10 heteroatoms. The van der Waals surface area contributed by atoms with E-state index in [1.165, 1.54) is 33.5 Å². The summed E-state index contributed by atoms with van der Waals surface area (Å²) in [7, 11) is -4.20. The third-order valence-electron chi connectivity index (χ3n) is 7.40. The van der Waals surface area contributed by atoms with Crippen LogP contribution in [0.2, 0.25) is 0 Å². The van der Waals surface area contributed by atoms with E-state index in [2.05, 4.69) is 6.08 Å². The Morgan fingerprint density at radius 1 is 1.17 bits per heavy atom. The fourth-order valence-electron chi connectivity index (χ4n) is 6.32. The van der Waals surface area contributed by atoms with Crippen molar-refractivity contribution in [2.75, 3.05) is 4.90 Å². The topological polar surface area (TPSA) is 110 Å². The summed E-state index contributed by atoms with van der Waals surface area (Å²) in [5.41, 5.74) is 0.995. The zero-order valence-electron chi connectivity index (χ0n) is 20.7. The highest BCUT2D eigenvalue weighted by Crippen LogP contribution is 2.62. The maximum atomic E-state index is 14.3. The number of nitrogens with zero attached hydrogens (tertiary/aromatic N) is 3. The minimum Gasteiger partial charge on any atom is -0.334 e. The van der Waals surface area contributed by atoms with Gasteiger partial charge in [0.1, 0.15) is 11.3 Å². The summed E-state index contributed by atoms with van der Waals surface area (Å²) in [6.07, 6.45) is 4.10. The van der Waals surface area contributed by atoms with Crippen molar-refractivity contribution in [1.82, 2.24) is 4.31 Å². The number of hydrogen-bond acceptors (Lipinski definition) is 6. The van der Waals surface area contributed by atoms with E-state index in [0.29, 0.717) is 18.5 Å². The summed E-state index contributed by atoms with van der Waals surface area (Å²) in [6.45, 7) is 7.45. The quantitative estimate of drug-likeness (QED) is 0.247. The Labute approximate surface area is 210 Å². The van der Waals surface area contributed by atoms with E-state index in [-0.39, 0.29) is 16.5 Å². The molecular formula is C26H29N3O6S. The molecule has 9 nitrogen and oxygen atoms in total. The SMILES string of the molecule is CC(C)=C[C@H]1CCC[C@]23c4c1cccc4N(C=O)[C@H]2OC(C)(C)N3S(=O)(=O)c1ccc([N+](=O)[O-])cc1. The van der Waals surface area contributed by atoms with E-state index in [9.17, 15) is 23.3 Å². The first kappa shape index (κ1) is 24.6. The molecule has 1 amide bonds. The number of anilines is 1. The summed E-state index contributed by atoms with van der Waals surface area (Å²) in [5, 5.41) is 11.1. The highest BCUT2D eigenvalue weighted by atomic mass is 32.2. The lowest BCUT2D eigenvalue weighted by Crippen LogP contribution is -2.55. The molecule has 36 heavy (non-hydrogen) atoms. The molecule has 0 aromatic heterocycles. The molecule has 0 N–H and O–H groups in total. The van der Waals surface area contributed by atoms with E-state index in [1.54, 1.807) is 13.8 Å². The number of ether oxygens (including phenoxy) is 1. The molecule has 1 saturated heterocycles. The van der Waals surface area contributed by atoms with Gasteiger partial charge in [-0.25, -0.2) is 8.42 Å². The Kier molecular flexibility index (Phi) is 5.62. The number of nitro groups is 1. The average molecular weight is 512 g/mol. The molecule has 2 aromatic rings. The van der Waals surface area contributed by atoms with Gasteiger partial charge in [-0.05, 0) is 64.3 Å². The van der Waals surface area contributed by atoms with Gasteiger partial charge in [-0.1, -0.05) is 30.2 Å². The van der Waals surface area contributed by atoms with Crippen molar-refractivity contribution in [2.45, 2.75) is 75.3 Å². The van der Waals surface area contributed by atoms with Crippen LogP contribution < -0.4 is 4.90 Å². The number of benzene rings is 2. The predicted octanol–water partition coefficient (Wildman–Crippen LogP) is 4.78. The van der Waals surface area contributed by atoms with Gasteiger partial charge < -0.3 is 4.74 Å². The average Bonchev–Trinajstić information content (AvgIpc) is 3.12. The molecule has 3 atom stereocenters. The molecule has 0 radical (unpaired) electrons. The molecular weight excluding hydrogens is 482 g/mol. The van der Waals surface area contributed by atoms with Crippen LogP contribution in [0.1, 0.15) is 64.0 Å². The van der Waals surface area contributed by atoms with E-state index in [0.717, 1.165) is 29.5 Å². The number of carbonyl (C=O) groups is 1. The van der Waals surface area contributed by atoms with E-state index in [1.807, 2.05) is 32.0 Å². The minimum atomic E-state index is -4.20. The van der Waals surface area contributed by atoms with Gasteiger partial charge in [-0.15, -0.1) is 0 Å². The maximum absolute atomic E-state index is 14.3. The van der Waals surface area contributed by atoms with Gasteiger partial charge in [-0.2, -0.15) is 4.31 Å². The summed E-state index contributed by atoms with van der Waals surface area (Å²) in [4.78, 5) is 24.4. The standard InChI is InChI=1S/C26H29N3O6S/c1-17(2)15-18-7-6-14-26-23-21(18)8-5-9-22(23)27(16-30)24(26)35-25(3,4)29(26)36(33,34)20-12-10-19(11-13-20)28(31)32/h5,8-13,15-16,18,24H,6-7,14H2,1-4H3/t18-,24+,26+/m1/s1. The van der Waals surface area contributed by atoms with Crippen molar-refractivity contribution in [1.29, 1.82) is 0 Å². The largest absolute Gasteiger partial charge is 0.334 e. The van der Waals surface area contributed by atoms with Gasteiger partial charge >= 0.3 is 0 Å². The Bertz CT molecular complexity index is 1380. The van der Waals surface area contributed by atoms with Crippen LogP contribution >= 0.6 is 0 Å². The van der Waals surface area contributed by atoms with Gasteiger partial charge in [0.05, 0.1) is 15.5 Å². The summed E-state index contributed by atoms with van der Waals surface area (Å²) in [5.74, 6) is 0.0734. The number of amides is 1. The molecule has 1 fully saturated rings. The number of sulfonamides is 1. The van der Waals surface area contributed by atoms with Gasteiger partial charge in [0.25, 0.3) is 5.69 Å². The highest BCUT2D eigenvalue weighted by Gasteiger charge is 2.70. The van der Waals surface area contributed by atoms with Crippen molar-refractivity contribution >= 4 is 27.8 Å². The fraction of sp³-hybridized carbons (Fsp3) is 0.423. The Hall–Kier alpha value is -3.08. The van der Waals surface area contributed by atoms with Gasteiger partial charge in [0.15, 0.2) is 6.23 Å². The molecule has 190 valence electrons. The van der Waals surface area contributed by atoms with E-state index < -0.39 is 32.4 Å². The number of rotatable bonds is 5. The lowest BCUT2D eigenvalue weighted by molar-refractivity contribution is -0.384. The number of nitro benzene ring substituents is 1. The van der Waals surface area contributed by atoms with Crippen molar-refractivity contribution in [3.8, 4) is 0 Å². The number of allylic oxidation sites excluding steroid dienone is 2. The molecule has 0 unspecified atom stereocenters. The molecule has 5 rings (SSSR count). The zero-order chi connectivity index (χ0) is 26.0. The molecule has 0 saturated carbocycles. The second kappa shape index (κ2) is 8.22. The number of carbonyl (C=O) groups excluding carboxylic acids is 1.